The zero-order chi connectivity index (χ0) is 18.4. The Labute approximate surface area is 142 Å². The molecule has 2 rings (SSSR count). The molecule has 132 valence electrons. The molecule has 0 saturated carbocycles. The molecule has 0 aliphatic rings. The maximum absolute atomic E-state index is 12.9. The van der Waals surface area contributed by atoms with Crippen molar-refractivity contribution in [2.75, 3.05) is 14.2 Å². The lowest BCUT2D eigenvalue weighted by molar-refractivity contribution is -0.137. The number of carbonyl (C=O) groups is 1. The Bertz CT molecular complexity index is 789. The third kappa shape index (κ3) is 4.50. The number of carbonyl (C=O) groups excluding carboxylic acids is 1. The SMILES string of the molecule is COc1ccc(C(=O)N/N=C/c2ccccc2C(F)(F)F)cc1OC. The molecule has 0 fully saturated rings. The molecule has 0 aromatic heterocycles. The quantitative estimate of drug-likeness (QED) is 0.662. The van der Waals surface area contributed by atoms with E-state index < -0.39 is 17.6 Å². The second-order valence-corrected chi connectivity index (χ2v) is 4.85. The molecule has 5 nitrogen and oxygen atoms in total. The lowest BCUT2D eigenvalue weighted by Crippen LogP contribution is -2.18. The molecule has 0 bridgehead atoms. The van der Waals surface area contributed by atoms with Gasteiger partial charge in [0, 0.05) is 11.1 Å². The van der Waals surface area contributed by atoms with E-state index in [-0.39, 0.29) is 11.1 Å². The monoisotopic (exact) mass is 352 g/mol. The van der Waals surface area contributed by atoms with Crippen LogP contribution in [0.15, 0.2) is 47.6 Å². The van der Waals surface area contributed by atoms with Crippen LogP contribution >= 0.6 is 0 Å². The first-order valence-electron chi connectivity index (χ1n) is 7.08. The predicted octanol–water partition coefficient (Wildman–Crippen LogP) is 3.49. The lowest BCUT2D eigenvalue weighted by Gasteiger charge is -2.09. The number of hydrogen-bond acceptors (Lipinski definition) is 4. The van der Waals surface area contributed by atoms with Gasteiger partial charge in [-0.1, -0.05) is 18.2 Å². The molecule has 0 aliphatic heterocycles. The van der Waals surface area contributed by atoms with E-state index in [0.717, 1.165) is 12.3 Å². The van der Waals surface area contributed by atoms with Gasteiger partial charge in [0.2, 0.25) is 0 Å². The van der Waals surface area contributed by atoms with Gasteiger partial charge in [-0.2, -0.15) is 18.3 Å². The van der Waals surface area contributed by atoms with Crippen LogP contribution in [-0.2, 0) is 6.18 Å². The first-order chi connectivity index (χ1) is 11.9. The minimum atomic E-state index is -4.50. The van der Waals surface area contributed by atoms with Crippen LogP contribution in [0, 0.1) is 0 Å². The van der Waals surface area contributed by atoms with Crippen molar-refractivity contribution in [2.24, 2.45) is 5.10 Å². The van der Waals surface area contributed by atoms with E-state index >= 15 is 0 Å². The topological polar surface area (TPSA) is 59.9 Å². The summed E-state index contributed by atoms with van der Waals surface area (Å²) in [5.41, 5.74) is 1.42. The van der Waals surface area contributed by atoms with E-state index in [9.17, 15) is 18.0 Å². The summed E-state index contributed by atoms with van der Waals surface area (Å²) in [6.07, 6.45) is -3.56. The number of methoxy groups -OCH3 is 2. The number of benzene rings is 2. The summed E-state index contributed by atoms with van der Waals surface area (Å²) in [5.74, 6) is 0.199. The van der Waals surface area contributed by atoms with Crippen molar-refractivity contribution in [1.82, 2.24) is 5.43 Å². The average Bonchev–Trinajstić information content (AvgIpc) is 2.60. The van der Waals surface area contributed by atoms with E-state index in [1.54, 1.807) is 0 Å². The number of amides is 1. The van der Waals surface area contributed by atoms with Crippen molar-refractivity contribution in [3.63, 3.8) is 0 Å². The number of alkyl halides is 3. The Morgan fingerprint density at radius 1 is 1.08 bits per heavy atom. The van der Waals surface area contributed by atoms with Gasteiger partial charge < -0.3 is 9.47 Å². The van der Waals surface area contributed by atoms with Gasteiger partial charge in [0.1, 0.15) is 0 Å². The number of hydrazone groups is 1. The largest absolute Gasteiger partial charge is 0.493 e. The first kappa shape index (κ1) is 18.3. The molecule has 0 aliphatic carbocycles. The smallest absolute Gasteiger partial charge is 0.417 e. The van der Waals surface area contributed by atoms with Crippen LogP contribution in [0.3, 0.4) is 0 Å². The maximum Gasteiger partial charge on any atom is 0.417 e. The van der Waals surface area contributed by atoms with Crippen LogP contribution in [0.25, 0.3) is 0 Å². The number of rotatable bonds is 5. The van der Waals surface area contributed by atoms with Gasteiger partial charge in [-0.05, 0) is 24.3 Å². The minimum absolute atomic E-state index is 0.150. The highest BCUT2D eigenvalue weighted by molar-refractivity contribution is 5.95. The van der Waals surface area contributed by atoms with Crippen molar-refractivity contribution < 1.29 is 27.4 Å². The van der Waals surface area contributed by atoms with Crippen molar-refractivity contribution >= 4 is 12.1 Å². The number of halogens is 3. The second kappa shape index (κ2) is 7.69. The Hall–Kier alpha value is -3.03. The zero-order valence-electron chi connectivity index (χ0n) is 13.4. The van der Waals surface area contributed by atoms with Crippen LogP contribution in [-0.4, -0.2) is 26.3 Å². The molecule has 0 unspecified atom stereocenters. The third-order valence-corrected chi connectivity index (χ3v) is 3.28. The summed E-state index contributed by atoms with van der Waals surface area (Å²) in [6, 6.07) is 9.39. The number of nitrogens with zero attached hydrogens (tertiary/aromatic N) is 1. The number of hydrogen-bond donors (Lipinski definition) is 1. The van der Waals surface area contributed by atoms with E-state index in [2.05, 4.69) is 10.5 Å². The van der Waals surface area contributed by atoms with E-state index in [4.69, 9.17) is 9.47 Å². The lowest BCUT2D eigenvalue weighted by atomic mass is 10.1. The van der Waals surface area contributed by atoms with Crippen molar-refractivity contribution in [1.29, 1.82) is 0 Å². The Morgan fingerprint density at radius 3 is 2.40 bits per heavy atom. The first-order valence-corrected chi connectivity index (χ1v) is 7.08. The third-order valence-electron chi connectivity index (χ3n) is 3.28. The van der Waals surface area contributed by atoms with E-state index in [1.165, 1.54) is 50.6 Å². The van der Waals surface area contributed by atoms with Crippen LogP contribution in [0.4, 0.5) is 13.2 Å². The standard InChI is InChI=1S/C17H15F3N2O3/c1-24-14-8-7-11(9-15(14)25-2)16(23)22-21-10-12-5-3-4-6-13(12)17(18,19)20/h3-10H,1-2H3,(H,22,23)/b21-10+. The fraction of sp³-hybridized carbons (Fsp3) is 0.176. The van der Waals surface area contributed by atoms with Crippen molar-refractivity contribution in [3.8, 4) is 11.5 Å². The van der Waals surface area contributed by atoms with Gasteiger partial charge in [0.25, 0.3) is 5.91 Å². The van der Waals surface area contributed by atoms with Gasteiger partial charge in [-0.25, -0.2) is 5.43 Å². The molecule has 25 heavy (non-hydrogen) atoms. The molecule has 1 amide bonds. The second-order valence-electron chi connectivity index (χ2n) is 4.85. The normalized spacial score (nSPS) is 11.4. The van der Waals surface area contributed by atoms with E-state index in [0.29, 0.717) is 11.5 Å². The molecule has 8 heteroatoms. The Kier molecular flexibility index (Phi) is 5.63. The van der Waals surface area contributed by atoms with E-state index in [1.807, 2.05) is 0 Å². The molecule has 1 N–H and O–H groups in total. The van der Waals surface area contributed by atoms with Crippen LogP contribution < -0.4 is 14.9 Å². The maximum atomic E-state index is 12.9. The average molecular weight is 352 g/mol. The fourth-order valence-corrected chi connectivity index (χ4v) is 2.07. The van der Waals surface area contributed by atoms with Crippen LogP contribution in [0.5, 0.6) is 11.5 Å². The van der Waals surface area contributed by atoms with Gasteiger partial charge >= 0.3 is 6.18 Å². The van der Waals surface area contributed by atoms with Gasteiger partial charge in [0.05, 0.1) is 26.0 Å². The zero-order valence-corrected chi connectivity index (χ0v) is 13.4. The summed E-state index contributed by atoms with van der Waals surface area (Å²) in [4.78, 5) is 12.0. The molecule has 2 aromatic rings. The van der Waals surface area contributed by atoms with Gasteiger partial charge in [-0.3, -0.25) is 4.79 Å². The molecular formula is C17H15F3N2O3. The van der Waals surface area contributed by atoms with Crippen LogP contribution in [0.1, 0.15) is 21.5 Å². The molecule has 0 saturated heterocycles. The molecule has 2 aromatic carbocycles. The highest BCUT2D eigenvalue weighted by atomic mass is 19.4. The molecule has 0 radical (unpaired) electrons. The highest BCUT2D eigenvalue weighted by Gasteiger charge is 2.32. The molecular weight excluding hydrogens is 337 g/mol. The van der Waals surface area contributed by atoms with Gasteiger partial charge in [-0.15, -0.1) is 0 Å². The molecule has 0 spiro atoms. The Balaban J connectivity index is 2.14. The summed E-state index contributed by atoms with van der Waals surface area (Å²) < 4.78 is 48.8. The molecule has 0 atom stereocenters. The van der Waals surface area contributed by atoms with Crippen molar-refractivity contribution in [2.45, 2.75) is 6.18 Å². The summed E-state index contributed by atoms with van der Waals surface area (Å²) in [6.45, 7) is 0. The fourth-order valence-electron chi connectivity index (χ4n) is 2.07. The Morgan fingerprint density at radius 2 is 1.76 bits per heavy atom. The van der Waals surface area contributed by atoms with Crippen molar-refractivity contribution in [3.05, 3.63) is 59.2 Å². The van der Waals surface area contributed by atoms with Crippen LogP contribution in [0.2, 0.25) is 0 Å². The van der Waals surface area contributed by atoms with Gasteiger partial charge in [0.15, 0.2) is 11.5 Å². The summed E-state index contributed by atoms with van der Waals surface area (Å²) in [7, 11) is 2.88. The summed E-state index contributed by atoms with van der Waals surface area (Å²) in [5, 5.41) is 3.59. The minimum Gasteiger partial charge on any atom is -0.493 e. The predicted molar refractivity (Wildman–Crippen MR) is 86.1 cm³/mol. The molecule has 0 heterocycles. The summed E-state index contributed by atoms with van der Waals surface area (Å²) >= 11 is 0. The highest BCUT2D eigenvalue weighted by Crippen LogP contribution is 2.31. The number of nitrogens with one attached hydrogen (secondary N) is 1. The number of ether oxygens (including phenoxy) is 2.